The summed E-state index contributed by atoms with van der Waals surface area (Å²) in [5.41, 5.74) is 0. The highest BCUT2D eigenvalue weighted by molar-refractivity contribution is 9.10. The van der Waals surface area contributed by atoms with Crippen molar-refractivity contribution >= 4 is 26.0 Å². The summed E-state index contributed by atoms with van der Waals surface area (Å²) < 4.78 is 28.4. The van der Waals surface area contributed by atoms with Crippen molar-refractivity contribution in [2.75, 3.05) is 20.1 Å². The molecule has 0 unspecified atom stereocenters. The van der Waals surface area contributed by atoms with Gasteiger partial charge in [0.1, 0.15) is 0 Å². The Morgan fingerprint density at radius 1 is 1.45 bits per heavy atom. The Balaban J connectivity index is 1.90. The zero-order chi connectivity index (χ0) is 14.8. The molecule has 0 spiro atoms. The molecular formula is C11H20BrN5O2S. The Labute approximate surface area is 127 Å². The molecule has 0 saturated heterocycles. The minimum absolute atomic E-state index is 0.0565. The maximum Gasteiger partial charge on any atom is 0.260 e. The van der Waals surface area contributed by atoms with E-state index < -0.39 is 10.0 Å². The van der Waals surface area contributed by atoms with E-state index in [1.807, 2.05) is 7.05 Å². The Hall–Kier alpha value is -0.510. The largest absolute Gasteiger partial charge is 0.302 e. The number of aryl methyl sites for hydroxylation is 1. The summed E-state index contributed by atoms with van der Waals surface area (Å²) in [4.78, 5) is 2.23. The standard InChI is InChI=1S/C11H20BrN5O2S/c1-16(9-5-3-4-6-9)8-7-13-20(18,19)11-10(12)14-15-17(11)2/h9,13H,3-8H2,1-2H3. The topological polar surface area (TPSA) is 80.1 Å². The van der Waals surface area contributed by atoms with Crippen molar-refractivity contribution in [3.05, 3.63) is 4.60 Å². The lowest BCUT2D eigenvalue weighted by atomic mass is 10.2. The number of rotatable bonds is 6. The molecular weight excluding hydrogens is 346 g/mol. The molecule has 7 nitrogen and oxygen atoms in total. The maximum atomic E-state index is 12.2. The Morgan fingerprint density at radius 3 is 2.65 bits per heavy atom. The molecule has 0 aliphatic heterocycles. The number of sulfonamides is 1. The van der Waals surface area contributed by atoms with Gasteiger partial charge in [-0.3, -0.25) is 0 Å². The van der Waals surface area contributed by atoms with Gasteiger partial charge in [-0.25, -0.2) is 17.8 Å². The molecule has 0 amide bonds. The fourth-order valence-electron chi connectivity index (χ4n) is 2.56. The van der Waals surface area contributed by atoms with Gasteiger partial charge in [0.05, 0.1) is 0 Å². The van der Waals surface area contributed by atoms with E-state index in [1.54, 1.807) is 7.05 Å². The van der Waals surface area contributed by atoms with Crippen LogP contribution in [-0.4, -0.2) is 54.5 Å². The molecule has 0 radical (unpaired) electrons. The maximum absolute atomic E-state index is 12.2. The molecule has 9 heteroatoms. The molecule has 0 aromatic carbocycles. The van der Waals surface area contributed by atoms with Crippen LogP contribution in [-0.2, 0) is 17.1 Å². The van der Waals surface area contributed by atoms with Crippen molar-refractivity contribution < 1.29 is 8.42 Å². The van der Waals surface area contributed by atoms with Gasteiger partial charge in [0.2, 0.25) is 5.03 Å². The third-order valence-electron chi connectivity index (χ3n) is 3.70. The van der Waals surface area contributed by atoms with Gasteiger partial charge in [0.15, 0.2) is 4.60 Å². The molecule has 1 fully saturated rings. The fraction of sp³-hybridized carbons (Fsp3) is 0.818. The lowest BCUT2D eigenvalue weighted by molar-refractivity contribution is 0.250. The van der Waals surface area contributed by atoms with Gasteiger partial charge < -0.3 is 4.90 Å². The lowest BCUT2D eigenvalue weighted by Crippen LogP contribution is -2.37. The van der Waals surface area contributed by atoms with Crippen molar-refractivity contribution in [3.8, 4) is 0 Å². The molecule has 1 heterocycles. The van der Waals surface area contributed by atoms with Crippen LogP contribution in [0.5, 0.6) is 0 Å². The predicted molar refractivity (Wildman–Crippen MR) is 78.8 cm³/mol. The number of aromatic nitrogens is 3. The highest BCUT2D eigenvalue weighted by Gasteiger charge is 2.24. The van der Waals surface area contributed by atoms with Crippen molar-refractivity contribution in [1.82, 2.24) is 24.6 Å². The zero-order valence-corrected chi connectivity index (χ0v) is 14.1. The third-order valence-corrected chi connectivity index (χ3v) is 6.04. The minimum atomic E-state index is -3.58. The summed E-state index contributed by atoms with van der Waals surface area (Å²) in [5.74, 6) is 0. The second-order valence-corrected chi connectivity index (χ2v) is 7.56. The van der Waals surface area contributed by atoms with Crippen molar-refractivity contribution in [3.63, 3.8) is 0 Å². The SMILES string of the molecule is CN(CCNS(=O)(=O)c1c(Br)nnn1C)C1CCCC1. The minimum Gasteiger partial charge on any atom is -0.302 e. The van der Waals surface area contributed by atoms with Gasteiger partial charge in [-0.05, 0) is 35.8 Å². The lowest BCUT2D eigenvalue weighted by Gasteiger charge is -2.23. The van der Waals surface area contributed by atoms with E-state index in [4.69, 9.17) is 0 Å². The van der Waals surface area contributed by atoms with E-state index in [0.717, 1.165) is 0 Å². The first kappa shape index (κ1) is 15.9. The number of nitrogens with zero attached hydrogens (tertiary/aromatic N) is 4. The first-order valence-electron chi connectivity index (χ1n) is 6.67. The molecule has 20 heavy (non-hydrogen) atoms. The number of nitrogens with one attached hydrogen (secondary N) is 1. The number of hydrogen-bond acceptors (Lipinski definition) is 5. The molecule has 1 aromatic rings. The molecule has 1 aliphatic rings. The fourth-order valence-corrected chi connectivity index (χ4v) is 4.67. The van der Waals surface area contributed by atoms with E-state index in [9.17, 15) is 8.42 Å². The van der Waals surface area contributed by atoms with Crippen LogP contribution in [0.4, 0.5) is 0 Å². The van der Waals surface area contributed by atoms with Gasteiger partial charge in [0, 0.05) is 26.2 Å². The van der Waals surface area contributed by atoms with Crippen LogP contribution < -0.4 is 4.72 Å². The Morgan fingerprint density at radius 2 is 2.10 bits per heavy atom. The second kappa shape index (κ2) is 6.50. The second-order valence-electron chi connectivity index (χ2n) is 5.13. The normalized spacial score (nSPS) is 17.2. The van der Waals surface area contributed by atoms with Crippen molar-refractivity contribution in [1.29, 1.82) is 0 Å². The first-order valence-corrected chi connectivity index (χ1v) is 8.94. The third kappa shape index (κ3) is 3.57. The Bertz CT molecular complexity index is 534. The molecule has 0 bridgehead atoms. The average molecular weight is 366 g/mol. The smallest absolute Gasteiger partial charge is 0.260 e. The summed E-state index contributed by atoms with van der Waals surface area (Å²) in [5, 5.41) is 7.42. The van der Waals surface area contributed by atoms with E-state index >= 15 is 0 Å². The van der Waals surface area contributed by atoms with E-state index in [0.29, 0.717) is 19.1 Å². The molecule has 1 saturated carbocycles. The predicted octanol–water partition coefficient (Wildman–Crippen LogP) is 0.730. The number of halogens is 1. The summed E-state index contributed by atoms with van der Waals surface area (Å²) in [6.07, 6.45) is 4.96. The zero-order valence-electron chi connectivity index (χ0n) is 11.7. The van der Waals surface area contributed by atoms with Gasteiger partial charge >= 0.3 is 0 Å². The van der Waals surface area contributed by atoms with E-state index in [2.05, 4.69) is 35.9 Å². The van der Waals surface area contributed by atoms with Crippen LogP contribution in [0.15, 0.2) is 9.63 Å². The van der Waals surface area contributed by atoms with Crippen LogP contribution in [0.25, 0.3) is 0 Å². The summed E-state index contributed by atoms with van der Waals surface area (Å²) >= 11 is 3.10. The van der Waals surface area contributed by atoms with E-state index in [1.165, 1.54) is 30.4 Å². The molecule has 1 N–H and O–H groups in total. The van der Waals surface area contributed by atoms with Crippen LogP contribution in [0.1, 0.15) is 25.7 Å². The quantitative estimate of drug-likeness (QED) is 0.803. The monoisotopic (exact) mass is 365 g/mol. The van der Waals surface area contributed by atoms with Gasteiger partial charge in [-0.15, -0.1) is 5.10 Å². The highest BCUT2D eigenvalue weighted by Crippen LogP contribution is 2.22. The van der Waals surface area contributed by atoms with Gasteiger partial charge in [-0.2, -0.15) is 0 Å². The molecule has 1 aliphatic carbocycles. The Kier molecular flexibility index (Phi) is 5.16. The average Bonchev–Trinajstić information content (AvgIpc) is 2.99. The molecule has 0 atom stereocenters. The number of likely N-dealkylation sites (N-methyl/N-ethyl adjacent to an activating group) is 1. The van der Waals surface area contributed by atoms with Crippen molar-refractivity contribution in [2.24, 2.45) is 7.05 Å². The molecule has 114 valence electrons. The van der Waals surface area contributed by atoms with Gasteiger partial charge in [-0.1, -0.05) is 18.1 Å². The van der Waals surface area contributed by atoms with Crippen LogP contribution in [0.2, 0.25) is 0 Å². The highest BCUT2D eigenvalue weighted by atomic mass is 79.9. The van der Waals surface area contributed by atoms with E-state index in [-0.39, 0.29) is 9.63 Å². The summed E-state index contributed by atoms with van der Waals surface area (Å²) in [6.45, 7) is 1.08. The summed E-state index contributed by atoms with van der Waals surface area (Å²) in [7, 11) is 0.0169. The molecule has 2 rings (SSSR count). The van der Waals surface area contributed by atoms with Crippen LogP contribution >= 0.6 is 15.9 Å². The van der Waals surface area contributed by atoms with Crippen molar-refractivity contribution in [2.45, 2.75) is 36.8 Å². The molecule has 1 aromatic heterocycles. The summed E-state index contributed by atoms with van der Waals surface area (Å²) in [6, 6.07) is 0.588. The number of hydrogen-bond donors (Lipinski definition) is 1. The van der Waals surface area contributed by atoms with Crippen LogP contribution in [0, 0.1) is 0 Å². The van der Waals surface area contributed by atoms with Crippen LogP contribution in [0.3, 0.4) is 0 Å². The van der Waals surface area contributed by atoms with Gasteiger partial charge in [0.25, 0.3) is 10.0 Å². The first-order chi connectivity index (χ1) is 9.42.